The second kappa shape index (κ2) is 6.70. The number of hydrogen-bond donors (Lipinski definition) is 3. The van der Waals surface area contributed by atoms with E-state index in [9.17, 15) is 14.7 Å². The highest BCUT2D eigenvalue weighted by Gasteiger charge is 2.30. The monoisotopic (exact) mass is 259 g/mol. The Morgan fingerprint density at radius 2 is 2.00 bits per heavy atom. The Balaban J connectivity index is 2.19. The molecule has 0 aromatic carbocycles. The fourth-order valence-corrected chi connectivity index (χ4v) is 1.80. The van der Waals surface area contributed by atoms with Gasteiger partial charge in [0, 0.05) is 19.6 Å². The van der Waals surface area contributed by atoms with Crippen LogP contribution in [0.5, 0.6) is 0 Å². The number of nitrogens with one attached hydrogen (secondary N) is 1. The fourth-order valence-electron chi connectivity index (χ4n) is 1.80. The molecule has 1 amide bonds. The Bertz CT molecular complexity index is 297. The van der Waals surface area contributed by atoms with Crippen molar-refractivity contribution >= 4 is 11.9 Å². The van der Waals surface area contributed by atoms with Crippen molar-refractivity contribution in [1.29, 1.82) is 0 Å². The van der Waals surface area contributed by atoms with E-state index in [1.807, 2.05) is 0 Å². The van der Waals surface area contributed by atoms with Crippen LogP contribution in [0, 0.1) is 5.92 Å². The number of ether oxygens (including phenoxy) is 1. The minimum absolute atomic E-state index is 0.219. The summed E-state index contributed by atoms with van der Waals surface area (Å²) >= 11 is 0. The first-order valence-electron chi connectivity index (χ1n) is 6.22. The number of aliphatic carboxylic acids is 1. The highest BCUT2D eigenvalue weighted by molar-refractivity contribution is 5.80. The molecule has 18 heavy (non-hydrogen) atoms. The van der Waals surface area contributed by atoms with E-state index in [-0.39, 0.29) is 12.5 Å². The summed E-state index contributed by atoms with van der Waals surface area (Å²) < 4.78 is 5.23. The van der Waals surface area contributed by atoms with Gasteiger partial charge >= 0.3 is 5.97 Å². The van der Waals surface area contributed by atoms with Gasteiger partial charge in [0.25, 0.3) is 0 Å². The van der Waals surface area contributed by atoms with Crippen molar-refractivity contribution in [2.75, 3.05) is 19.8 Å². The van der Waals surface area contributed by atoms with E-state index in [1.165, 1.54) is 0 Å². The maximum absolute atomic E-state index is 11.5. The molecular weight excluding hydrogens is 238 g/mol. The SMILES string of the molecule is CC(O)(CNC(=O)CCC1CCOCC1)C(=O)O. The minimum atomic E-state index is -1.91. The lowest BCUT2D eigenvalue weighted by Crippen LogP contribution is -2.46. The quantitative estimate of drug-likeness (QED) is 0.631. The van der Waals surface area contributed by atoms with Gasteiger partial charge in [0.15, 0.2) is 5.60 Å². The van der Waals surface area contributed by atoms with Gasteiger partial charge in [0.05, 0.1) is 6.54 Å². The first-order chi connectivity index (χ1) is 8.42. The van der Waals surface area contributed by atoms with E-state index < -0.39 is 11.6 Å². The van der Waals surface area contributed by atoms with Crippen molar-refractivity contribution in [3.8, 4) is 0 Å². The molecular formula is C12H21NO5. The summed E-state index contributed by atoms with van der Waals surface area (Å²) in [6, 6.07) is 0. The number of carboxylic acids is 1. The van der Waals surface area contributed by atoms with E-state index in [2.05, 4.69) is 5.32 Å². The van der Waals surface area contributed by atoms with Crippen LogP contribution in [-0.2, 0) is 14.3 Å². The summed E-state index contributed by atoms with van der Waals surface area (Å²) in [6.07, 6.45) is 3.09. The van der Waals surface area contributed by atoms with E-state index in [0.29, 0.717) is 12.3 Å². The molecule has 1 heterocycles. The molecule has 3 N–H and O–H groups in total. The van der Waals surface area contributed by atoms with Gasteiger partial charge in [-0.15, -0.1) is 0 Å². The molecule has 0 aromatic rings. The highest BCUT2D eigenvalue weighted by atomic mass is 16.5. The Morgan fingerprint density at radius 1 is 1.39 bits per heavy atom. The predicted octanol–water partition coefficient (Wildman–Crippen LogP) is 0.145. The molecule has 6 heteroatoms. The summed E-state index contributed by atoms with van der Waals surface area (Å²) in [5.74, 6) is -1.06. The predicted molar refractivity (Wildman–Crippen MR) is 64.0 cm³/mol. The zero-order valence-electron chi connectivity index (χ0n) is 10.6. The number of hydrogen-bond acceptors (Lipinski definition) is 4. The largest absolute Gasteiger partial charge is 0.479 e. The number of carboxylic acid groups (broad SMARTS) is 1. The number of rotatable bonds is 6. The third kappa shape index (κ3) is 5.01. The van der Waals surface area contributed by atoms with Crippen LogP contribution in [0.3, 0.4) is 0 Å². The van der Waals surface area contributed by atoms with Gasteiger partial charge in [-0.05, 0) is 32.1 Å². The molecule has 1 saturated heterocycles. The first-order valence-corrected chi connectivity index (χ1v) is 6.22. The Labute approximate surface area is 106 Å². The zero-order valence-corrected chi connectivity index (χ0v) is 10.6. The van der Waals surface area contributed by atoms with Gasteiger partial charge in [-0.25, -0.2) is 4.79 Å². The van der Waals surface area contributed by atoms with Gasteiger partial charge in [-0.3, -0.25) is 4.79 Å². The molecule has 0 aromatic heterocycles. The molecule has 1 atom stereocenters. The number of amides is 1. The molecule has 0 aliphatic carbocycles. The lowest BCUT2D eigenvalue weighted by molar-refractivity contribution is -0.156. The third-order valence-corrected chi connectivity index (χ3v) is 3.21. The molecule has 6 nitrogen and oxygen atoms in total. The Morgan fingerprint density at radius 3 is 2.56 bits per heavy atom. The van der Waals surface area contributed by atoms with Crippen molar-refractivity contribution in [1.82, 2.24) is 5.32 Å². The van der Waals surface area contributed by atoms with Crippen molar-refractivity contribution in [2.45, 2.75) is 38.2 Å². The summed E-state index contributed by atoms with van der Waals surface area (Å²) in [7, 11) is 0. The number of carbonyl (C=O) groups excluding carboxylic acids is 1. The van der Waals surface area contributed by atoms with Crippen LogP contribution in [0.2, 0.25) is 0 Å². The molecule has 0 saturated carbocycles. The zero-order chi connectivity index (χ0) is 13.6. The van der Waals surface area contributed by atoms with Crippen molar-refractivity contribution in [2.24, 2.45) is 5.92 Å². The molecule has 1 aliphatic rings. The van der Waals surface area contributed by atoms with Gasteiger partial charge in [0.1, 0.15) is 0 Å². The van der Waals surface area contributed by atoms with Crippen LogP contribution in [0.15, 0.2) is 0 Å². The molecule has 104 valence electrons. The molecule has 1 unspecified atom stereocenters. The van der Waals surface area contributed by atoms with E-state index in [4.69, 9.17) is 9.84 Å². The Hall–Kier alpha value is -1.14. The average Bonchev–Trinajstić information content (AvgIpc) is 2.35. The highest BCUT2D eigenvalue weighted by Crippen LogP contribution is 2.19. The molecule has 1 fully saturated rings. The van der Waals surface area contributed by atoms with Crippen LogP contribution >= 0.6 is 0 Å². The van der Waals surface area contributed by atoms with Crippen molar-refractivity contribution in [3.05, 3.63) is 0 Å². The molecule has 0 spiro atoms. The van der Waals surface area contributed by atoms with E-state index >= 15 is 0 Å². The molecule has 0 radical (unpaired) electrons. The average molecular weight is 259 g/mol. The second-order valence-electron chi connectivity index (χ2n) is 4.95. The Kier molecular flexibility index (Phi) is 5.55. The first kappa shape index (κ1) is 14.9. The maximum atomic E-state index is 11.5. The van der Waals surface area contributed by atoms with E-state index in [1.54, 1.807) is 0 Å². The van der Waals surface area contributed by atoms with Gasteiger partial charge < -0.3 is 20.3 Å². The molecule has 0 bridgehead atoms. The van der Waals surface area contributed by atoms with Crippen LogP contribution in [0.1, 0.15) is 32.6 Å². The van der Waals surface area contributed by atoms with Crippen LogP contribution in [-0.4, -0.2) is 47.4 Å². The van der Waals surface area contributed by atoms with Gasteiger partial charge in [0.2, 0.25) is 5.91 Å². The van der Waals surface area contributed by atoms with Crippen LogP contribution in [0.25, 0.3) is 0 Å². The summed E-state index contributed by atoms with van der Waals surface area (Å²) in [5, 5.41) is 20.5. The second-order valence-corrected chi connectivity index (χ2v) is 4.95. The smallest absolute Gasteiger partial charge is 0.337 e. The van der Waals surface area contributed by atoms with E-state index in [0.717, 1.165) is 39.4 Å². The van der Waals surface area contributed by atoms with Crippen LogP contribution < -0.4 is 5.32 Å². The number of aliphatic hydroxyl groups is 1. The summed E-state index contributed by atoms with van der Waals surface area (Å²) in [5.41, 5.74) is -1.91. The summed E-state index contributed by atoms with van der Waals surface area (Å²) in [6.45, 7) is 2.39. The lowest BCUT2D eigenvalue weighted by Gasteiger charge is -2.22. The topological polar surface area (TPSA) is 95.9 Å². The standard InChI is InChI=1S/C12H21NO5/c1-12(17,11(15)16)8-13-10(14)3-2-9-4-6-18-7-5-9/h9,17H,2-8H2,1H3,(H,13,14)(H,15,16). The van der Waals surface area contributed by atoms with Crippen molar-refractivity contribution in [3.63, 3.8) is 0 Å². The van der Waals surface area contributed by atoms with Crippen molar-refractivity contribution < 1.29 is 24.5 Å². The molecule has 1 rings (SSSR count). The van der Waals surface area contributed by atoms with Crippen LogP contribution in [0.4, 0.5) is 0 Å². The number of carbonyl (C=O) groups is 2. The third-order valence-electron chi connectivity index (χ3n) is 3.21. The fraction of sp³-hybridized carbons (Fsp3) is 0.833. The maximum Gasteiger partial charge on any atom is 0.337 e. The summed E-state index contributed by atoms with van der Waals surface area (Å²) in [4.78, 5) is 22.1. The normalized spacial score (nSPS) is 20.1. The lowest BCUT2D eigenvalue weighted by atomic mass is 9.95. The van der Waals surface area contributed by atoms with Gasteiger partial charge in [-0.1, -0.05) is 0 Å². The molecule has 1 aliphatic heterocycles. The van der Waals surface area contributed by atoms with Gasteiger partial charge in [-0.2, -0.15) is 0 Å². The minimum Gasteiger partial charge on any atom is -0.479 e.